The third-order valence-corrected chi connectivity index (χ3v) is 6.70. The number of ketones is 1. The molecule has 3 aromatic carbocycles. The molecule has 1 heterocycles. The van der Waals surface area contributed by atoms with Crippen molar-refractivity contribution in [1.29, 1.82) is 0 Å². The number of para-hydroxylation sites is 2. The van der Waals surface area contributed by atoms with Crippen LogP contribution in [0.4, 0.5) is 15.8 Å². The maximum atomic E-state index is 13.7. The number of halogens is 1. The third-order valence-electron chi connectivity index (χ3n) is 6.70. The molecule has 2 aliphatic rings. The van der Waals surface area contributed by atoms with E-state index in [1.54, 1.807) is 39.5 Å². The first-order valence-electron chi connectivity index (χ1n) is 11.5. The minimum Gasteiger partial charge on any atom is -0.496 e. The van der Waals surface area contributed by atoms with Crippen LogP contribution in [0.1, 0.15) is 35.9 Å². The second-order valence-electron chi connectivity index (χ2n) is 8.67. The first-order valence-corrected chi connectivity index (χ1v) is 11.5. The van der Waals surface area contributed by atoms with Crippen molar-refractivity contribution < 1.29 is 23.4 Å². The van der Waals surface area contributed by atoms with Crippen molar-refractivity contribution in [1.82, 2.24) is 0 Å². The van der Waals surface area contributed by atoms with Gasteiger partial charge in [0.15, 0.2) is 17.3 Å². The number of methoxy groups -OCH3 is 3. The van der Waals surface area contributed by atoms with Crippen molar-refractivity contribution in [3.05, 3.63) is 88.9 Å². The largest absolute Gasteiger partial charge is 0.496 e. The number of hydrogen-bond acceptors (Lipinski definition) is 6. The number of carbonyl (C=O) groups excluding carboxylic acids is 1. The summed E-state index contributed by atoms with van der Waals surface area (Å²) < 4.78 is 30.3. The van der Waals surface area contributed by atoms with Crippen LogP contribution in [0.15, 0.2) is 71.9 Å². The molecule has 7 heteroatoms. The average molecular weight is 475 g/mol. The van der Waals surface area contributed by atoms with Gasteiger partial charge >= 0.3 is 0 Å². The molecule has 2 N–H and O–H groups in total. The molecule has 0 radical (unpaired) electrons. The van der Waals surface area contributed by atoms with Gasteiger partial charge in [0.1, 0.15) is 11.6 Å². The van der Waals surface area contributed by atoms with Crippen molar-refractivity contribution in [3.63, 3.8) is 0 Å². The van der Waals surface area contributed by atoms with Gasteiger partial charge in [0.2, 0.25) is 0 Å². The van der Waals surface area contributed by atoms with E-state index in [-0.39, 0.29) is 17.5 Å². The molecular formula is C28H27FN2O4. The van der Waals surface area contributed by atoms with E-state index < -0.39 is 6.04 Å². The van der Waals surface area contributed by atoms with Gasteiger partial charge in [-0.3, -0.25) is 4.79 Å². The van der Waals surface area contributed by atoms with Gasteiger partial charge in [-0.15, -0.1) is 0 Å². The summed E-state index contributed by atoms with van der Waals surface area (Å²) >= 11 is 0. The Labute approximate surface area is 203 Å². The van der Waals surface area contributed by atoms with Crippen LogP contribution in [0.5, 0.6) is 17.2 Å². The zero-order valence-corrected chi connectivity index (χ0v) is 19.9. The minimum atomic E-state index is -0.474. The first kappa shape index (κ1) is 22.8. The van der Waals surface area contributed by atoms with Gasteiger partial charge in [-0.05, 0) is 48.2 Å². The normalized spacial score (nSPS) is 19.0. The highest BCUT2D eigenvalue weighted by Gasteiger charge is 2.37. The Bertz CT molecular complexity index is 1300. The van der Waals surface area contributed by atoms with Crippen LogP contribution in [0.2, 0.25) is 0 Å². The van der Waals surface area contributed by atoms with E-state index in [0.717, 1.165) is 28.2 Å². The quantitative estimate of drug-likeness (QED) is 0.485. The van der Waals surface area contributed by atoms with E-state index in [2.05, 4.69) is 10.6 Å². The van der Waals surface area contributed by atoms with Crippen molar-refractivity contribution in [2.45, 2.75) is 24.8 Å². The lowest BCUT2D eigenvalue weighted by molar-refractivity contribution is -0.116. The van der Waals surface area contributed by atoms with Gasteiger partial charge in [-0.1, -0.05) is 24.3 Å². The van der Waals surface area contributed by atoms with Gasteiger partial charge < -0.3 is 24.8 Å². The highest BCUT2D eigenvalue weighted by molar-refractivity contribution is 6.01. The molecule has 35 heavy (non-hydrogen) atoms. The predicted molar refractivity (Wildman–Crippen MR) is 133 cm³/mol. The lowest BCUT2D eigenvalue weighted by atomic mass is 9.78. The number of fused-ring (bicyclic) bond motifs is 1. The highest BCUT2D eigenvalue weighted by atomic mass is 19.1. The molecule has 3 aromatic rings. The van der Waals surface area contributed by atoms with Crippen molar-refractivity contribution in [2.75, 3.05) is 32.0 Å². The number of ether oxygens (including phenoxy) is 3. The lowest BCUT2D eigenvalue weighted by Gasteiger charge is -2.30. The zero-order chi connectivity index (χ0) is 24.5. The van der Waals surface area contributed by atoms with E-state index in [1.807, 2.05) is 30.3 Å². The maximum absolute atomic E-state index is 13.7. The number of carbonyl (C=O) groups is 1. The van der Waals surface area contributed by atoms with Crippen LogP contribution in [0.25, 0.3) is 0 Å². The Morgan fingerprint density at radius 2 is 1.49 bits per heavy atom. The van der Waals surface area contributed by atoms with Gasteiger partial charge in [0.25, 0.3) is 0 Å². The number of Topliss-reactive ketones (excluding diaryl/α,β-unsaturated/α-hetero) is 1. The summed E-state index contributed by atoms with van der Waals surface area (Å²) in [5, 5.41) is 7.08. The van der Waals surface area contributed by atoms with Gasteiger partial charge in [0, 0.05) is 29.3 Å². The van der Waals surface area contributed by atoms with Crippen LogP contribution in [-0.2, 0) is 4.79 Å². The van der Waals surface area contributed by atoms with Gasteiger partial charge in [-0.2, -0.15) is 0 Å². The molecule has 5 rings (SSSR count). The fraction of sp³-hybridized carbons (Fsp3) is 0.250. The molecule has 0 saturated heterocycles. The molecule has 2 unspecified atom stereocenters. The Kier molecular flexibility index (Phi) is 6.07. The topological polar surface area (TPSA) is 68.8 Å². The number of anilines is 2. The summed E-state index contributed by atoms with van der Waals surface area (Å²) in [6, 6.07) is 17.4. The number of allylic oxidation sites excluding steroid dienone is 1. The zero-order valence-electron chi connectivity index (χ0n) is 19.9. The van der Waals surface area contributed by atoms with Gasteiger partial charge in [-0.25, -0.2) is 4.39 Å². The van der Waals surface area contributed by atoms with Crippen molar-refractivity contribution in [3.8, 4) is 17.2 Å². The number of benzene rings is 3. The molecule has 2 atom stereocenters. The molecule has 180 valence electrons. The van der Waals surface area contributed by atoms with E-state index in [4.69, 9.17) is 14.2 Å². The minimum absolute atomic E-state index is 0.0234. The van der Waals surface area contributed by atoms with Crippen molar-refractivity contribution >= 4 is 17.2 Å². The second kappa shape index (κ2) is 9.33. The number of hydrogen-bond donors (Lipinski definition) is 2. The Morgan fingerprint density at radius 3 is 2.17 bits per heavy atom. The van der Waals surface area contributed by atoms with Crippen LogP contribution >= 0.6 is 0 Å². The second-order valence-corrected chi connectivity index (χ2v) is 8.67. The van der Waals surface area contributed by atoms with E-state index in [9.17, 15) is 9.18 Å². The van der Waals surface area contributed by atoms with E-state index >= 15 is 0 Å². The van der Waals surface area contributed by atoms with E-state index in [0.29, 0.717) is 35.7 Å². The molecule has 0 fully saturated rings. The maximum Gasteiger partial charge on any atom is 0.164 e. The van der Waals surface area contributed by atoms with Crippen LogP contribution in [0.3, 0.4) is 0 Å². The monoisotopic (exact) mass is 474 g/mol. The molecule has 0 aromatic heterocycles. The van der Waals surface area contributed by atoms with Crippen LogP contribution < -0.4 is 24.8 Å². The summed E-state index contributed by atoms with van der Waals surface area (Å²) in [5.41, 5.74) is 4.97. The summed E-state index contributed by atoms with van der Waals surface area (Å²) in [5.74, 6) is 1.36. The molecule has 0 bridgehead atoms. The summed E-state index contributed by atoms with van der Waals surface area (Å²) in [7, 11) is 4.74. The fourth-order valence-electron chi connectivity index (χ4n) is 4.97. The summed E-state index contributed by atoms with van der Waals surface area (Å²) in [6.07, 6.45) is 0.950. The molecule has 1 aliphatic heterocycles. The lowest BCUT2D eigenvalue weighted by Crippen LogP contribution is -2.27. The summed E-state index contributed by atoms with van der Waals surface area (Å²) in [6.45, 7) is 0. The first-order chi connectivity index (χ1) is 17.0. The Balaban J connectivity index is 1.66. The van der Waals surface area contributed by atoms with Crippen LogP contribution in [0, 0.1) is 5.82 Å². The molecular weight excluding hydrogens is 447 g/mol. The third kappa shape index (κ3) is 4.18. The SMILES string of the molecule is COc1cc(OC)c(C2Nc3ccccc3NC3=C2C(=O)CC(c2ccc(F)cc2)C3)cc1OC. The average Bonchev–Trinajstić information content (AvgIpc) is 3.05. The van der Waals surface area contributed by atoms with Crippen LogP contribution in [-0.4, -0.2) is 27.1 Å². The van der Waals surface area contributed by atoms with Gasteiger partial charge in [0.05, 0.1) is 38.7 Å². The standard InChI is InChI=1S/C28H27FN2O4/c1-33-24-15-26(35-3)25(34-2)14-19(24)28-27-22(30-20-6-4-5-7-21(20)31-28)12-17(13-23(27)32)16-8-10-18(29)11-9-16/h4-11,14-15,17,28,30-31H,12-13H2,1-3H3. The Morgan fingerprint density at radius 1 is 0.829 bits per heavy atom. The molecule has 0 amide bonds. The summed E-state index contributed by atoms with van der Waals surface area (Å²) in [4.78, 5) is 13.7. The number of nitrogens with one attached hydrogen (secondary N) is 2. The number of rotatable bonds is 5. The molecule has 6 nitrogen and oxygen atoms in total. The predicted octanol–water partition coefficient (Wildman–Crippen LogP) is 5.83. The van der Waals surface area contributed by atoms with Crippen molar-refractivity contribution in [2.24, 2.45) is 0 Å². The smallest absolute Gasteiger partial charge is 0.164 e. The Hall–Kier alpha value is -4.00. The molecule has 1 aliphatic carbocycles. The fourth-order valence-corrected chi connectivity index (χ4v) is 4.97. The highest BCUT2D eigenvalue weighted by Crippen LogP contribution is 2.47. The van der Waals surface area contributed by atoms with E-state index in [1.165, 1.54) is 12.1 Å². The molecule has 0 spiro atoms. The molecule has 0 saturated carbocycles.